The first-order valence-corrected chi connectivity index (χ1v) is 6.22. The van der Waals surface area contributed by atoms with Crippen LogP contribution in [0.15, 0.2) is 48.5 Å². The Hall–Kier alpha value is -2.56. The van der Waals surface area contributed by atoms with E-state index in [1.54, 1.807) is 24.3 Å². The molecular formula is C15H15FN2O2. The first-order valence-electron chi connectivity index (χ1n) is 6.22. The van der Waals surface area contributed by atoms with Crippen LogP contribution in [0.2, 0.25) is 0 Å². The number of anilines is 1. The minimum Gasteiger partial charge on any atom is -0.508 e. The lowest BCUT2D eigenvalue weighted by Crippen LogP contribution is -2.30. The summed E-state index contributed by atoms with van der Waals surface area (Å²) in [5.41, 5.74) is 1.16. The zero-order chi connectivity index (χ0) is 14.4. The summed E-state index contributed by atoms with van der Waals surface area (Å²) in [5, 5.41) is 14.7. The van der Waals surface area contributed by atoms with Crippen molar-refractivity contribution in [3.63, 3.8) is 0 Å². The third-order valence-electron chi connectivity index (χ3n) is 2.75. The van der Waals surface area contributed by atoms with E-state index in [1.807, 2.05) is 6.07 Å². The van der Waals surface area contributed by atoms with Crippen LogP contribution < -0.4 is 10.6 Å². The summed E-state index contributed by atoms with van der Waals surface area (Å²) in [6, 6.07) is 12.2. The van der Waals surface area contributed by atoms with Crippen molar-refractivity contribution in [2.75, 3.05) is 11.9 Å². The maximum atomic E-state index is 12.9. The van der Waals surface area contributed by atoms with Gasteiger partial charge in [0.15, 0.2) is 0 Å². The van der Waals surface area contributed by atoms with E-state index in [-0.39, 0.29) is 5.75 Å². The molecule has 104 valence electrons. The second kappa shape index (κ2) is 6.56. The fourth-order valence-electron chi connectivity index (χ4n) is 1.77. The minimum absolute atomic E-state index is 0.208. The number of carbonyl (C=O) groups is 1. The highest BCUT2D eigenvalue weighted by Crippen LogP contribution is 2.15. The number of carbonyl (C=O) groups excluding carboxylic acids is 1. The molecule has 4 nitrogen and oxygen atoms in total. The summed E-state index contributed by atoms with van der Waals surface area (Å²) < 4.78 is 12.9. The molecule has 0 heterocycles. The molecule has 0 atom stereocenters. The zero-order valence-corrected chi connectivity index (χ0v) is 10.8. The van der Waals surface area contributed by atoms with Gasteiger partial charge in [-0.25, -0.2) is 9.18 Å². The largest absolute Gasteiger partial charge is 0.508 e. The number of halogens is 1. The van der Waals surface area contributed by atoms with Gasteiger partial charge >= 0.3 is 6.03 Å². The van der Waals surface area contributed by atoms with Gasteiger partial charge in [0.25, 0.3) is 0 Å². The Bertz CT molecular complexity index is 602. The SMILES string of the molecule is O=C(NCCc1ccccc1O)Nc1cccc(F)c1. The summed E-state index contributed by atoms with van der Waals surface area (Å²) in [4.78, 5) is 11.6. The highest BCUT2D eigenvalue weighted by atomic mass is 19.1. The fourth-order valence-corrected chi connectivity index (χ4v) is 1.77. The Labute approximate surface area is 116 Å². The van der Waals surface area contributed by atoms with Crippen LogP contribution in [0.4, 0.5) is 14.9 Å². The normalized spacial score (nSPS) is 10.1. The smallest absolute Gasteiger partial charge is 0.319 e. The van der Waals surface area contributed by atoms with Crippen molar-refractivity contribution in [3.8, 4) is 5.75 Å². The number of amides is 2. The van der Waals surface area contributed by atoms with Gasteiger partial charge in [0, 0.05) is 12.2 Å². The number of rotatable bonds is 4. The van der Waals surface area contributed by atoms with E-state index in [9.17, 15) is 14.3 Å². The average Bonchev–Trinajstić information content (AvgIpc) is 2.41. The summed E-state index contributed by atoms with van der Waals surface area (Å²) in [6.07, 6.45) is 0.517. The first kappa shape index (κ1) is 13.9. The van der Waals surface area contributed by atoms with Gasteiger partial charge in [-0.05, 0) is 36.2 Å². The molecule has 3 N–H and O–H groups in total. The molecule has 0 bridgehead atoms. The second-order valence-corrected chi connectivity index (χ2v) is 4.27. The topological polar surface area (TPSA) is 61.4 Å². The number of benzene rings is 2. The predicted octanol–water partition coefficient (Wildman–Crippen LogP) is 2.90. The number of hydrogen-bond donors (Lipinski definition) is 3. The van der Waals surface area contributed by atoms with Gasteiger partial charge in [0.1, 0.15) is 11.6 Å². The maximum absolute atomic E-state index is 12.9. The van der Waals surface area contributed by atoms with Crippen molar-refractivity contribution < 1.29 is 14.3 Å². The number of phenolic OH excluding ortho intramolecular Hbond substituents is 1. The quantitative estimate of drug-likeness (QED) is 0.802. The molecule has 5 heteroatoms. The Balaban J connectivity index is 1.80. The highest BCUT2D eigenvalue weighted by Gasteiger charge is 2.03. The number of urea groups is 1. The molecule has 0 unspecified atom stereocenters. The molecule has 0 aromatic heterocycles. The van der Waals surface area contributed by atoms with Crippen LogP contribution in [-0.4, -0.2) is 17.7 Å². The van der Waals surface area contributed by atoms with Crippen LogP contribution in [0.3, 0.4) is 0 Å². The Morgan fingerprint density at radius 1 is 1.15 bits per heavy atom. The van der Waals surface area contributed by atoms with Crippen LogP contribution in [0.25, 0.3) is 0 Å². The van der Waals surface area contributed by atoms with Gasteiger partial charge in [0.2, 0.25) is 0 Å². The van der Waals surface area contributed by atoms with Gasteiger partial charge in [-0.2, -0.15) is 0 Å². The molecule has 0 saturated heterocycles. The molecule has 0 aliphatic carbocycles. The Morgan fingerprint density at radius 3 is 2.70 bits per heavy atom. The van der Waals surface area contributed by atoms with Gasteiger partial charge in [0.05, 0.1) is 0 Å². The summed E-state index contributed by atoms with van der Waals surface area (Å²) >= 11 is 0. The lowest BCUT2D eigenvalue weighted by atomic mass is 10.1. The summed E-state index contributed by atoms with van der Waals surface area (Å²) in [6.45, 7) is 0.374. The second-order valence-electron chi connectivity index (χ2n) is 4.27. The number of para-hydroxylation sites is 1. The third-order valence-corrected chi connectivity index (χ3v) is 2.75. The van der Waals surface area contributed by atoms with Crippen LogP contribution in [0.5, 0.6) is 5.75 Å². The summed E-state index contributed by atoms with van der Waals surface area (Å²) in [5.74, 6) is -0.197. The molecule has 0 radical (unpaired) electrons. The van der Waals surface area contributed by atoms with Crippen LogP contribution in [0.1, 0.15) is 5.56 Å². The molecule has 0 fully saturated rings. The van der Waals surface area contributed by atoms with Gasteiger partial charge in [-0.3, -0.25) is 0 Å². The van der Waals surface area contributed by atoms with E-state index >= 15 is 0 Å². The Kier molecular flexibility index (Phi) is 4.55. The lowest BCUT2D eigenvalue weighted by Gasteiger charge is -2.08. The van der Waals surface area contributed by atoms with Gasteiger partial charge in [-0.1, -0.05) is 24.3 Å². The van der Waals surface area contributed by atoms with E-state index in [1.165, 1.54) is 18.2 Å². The molecule has 2 amide bonds. The fraction of sp³-hybridized carbons (Fsp3) is 0.133. The van der Waals surface area contributed by atoms with Crippen molar-refractivity contribution in [3.05, 3.63) is 59.9 Å². The first-order chi connectivity index (χ1) is 9.65. The van der Waals surface area contributed by atoms with Crippen molar-refractivity contribution in [1.82, 2.24) is 5.32 Å². The molecule has 0 aliphatic heterocycles. The third kappa shape index (κ3) is 3.98. The predicted molar refractivity (Wildman–Crippen MR) is 75.2 cm³/mol. The molecule has 2 aromatic carbocycles. The molecule has 0 saturated carbocycles. The maximum Gasteiger partial charge on any atom is 0.319 e. The van der Waals surface area contributed by atoms with Gasteiger partial charge < -0.3 is 15.7 Å². The molecule has 2 aromatic rings. The molecule has 0 spiro atoms. The summed E-state index contributed by atoms with van der Waals surface area (Å²) in [7, 11) is 0. The van der Waals surface area contributed by atoms with Crippen molar-refractivity contribution in [2.45, 2.75) is 6.42 Å². The number of phenols is 1. The van der Waals surface area contributed by atoms with Crippen LogP contribution in [0, 0.1) is 5.82 Å². The van der Waals surface area contributed by atoms with Crippen LogP contribution >= 0.6 is 0 Å². The standard InChI is InChI=1S/C15H15FN2O2/c16-12-5-3-6-13(10-12)18-15(20)17-9-8-11-4-1-2-7-14(11)19/h1-7,10,19H,8-9H2,(H2,17,18,20). The molecule has 2 rings (SSSR count). The number of aromatic hydroxyl groups is 1. The minimum atomic E-state index is -0.411. The number of hydrogen-bond acceptors (Lipinski definition) is 2. The monoisotopic (exact) mass is 274 g/mol. The van der Waals surface area contributed by atoms with E-state index < -0.39 is 11.8 Å². The average molecular weight is 274 g/mol. The molecular weight excluding hydrogens is 259 g/mol. The van der Waals surface area contributed by atoms with Crippen molar-refractivity contribution in [1.29, 1.82) is 0 Å². The van der Waals surface area contributed by atoms with E-state index in [4.69, 9.17) is 0 Å². The van der Waals surface area contributed by atoms with Crippen molar-refractivity contribution >= 4 is 11.7 Å². The highest BCUT2D eigenvalue weighted by molar-refractivity contribution is 5.89. The number of nitrogens with one attached hydrogen (secondary N) is 2. The molecule has 20 heavy (non-hydrogen) atoms. The molecule has 0 aliphatic rings. The zero-order valence-electron chi connectivity index (χ0n) is 10.8. The van der Waals surface area contributed by atoms with E-state index in [2.05, 4.69) is 10.6 Å². The van der Waals surface area contributed by atoms with Gasteiger partial charge in [-0.15, -0.1) is 0 Å². The van der Waals surface area contributed by atoms with Crippen molar-refractivity contribution in [2.24, 2.45) is 0 Å². The van der Waals surface area contributed by atoms with E-state index in [0.29, 0.717) is 18.7 Å². The Morgan fingerprint density at radius 2 is 1.95 bits per heavy atom. The van der Waals surface area contributed by atoms with E-state index in [0.717, 1.165) is 5.56 Å². The van der Waals surface area contributed by atoms with Crippen LogP contribution in [-0.2, 0) is 6.42 Å². The lowest BCUT2D eigenvalue weighted by molar-refractivity contribution is 0.252.